The summed E-state index contributed by atoms with van der Waals surface area (Å²) in [5, 5.41) is 10.0. The van der Waals surface area contributed by atoms with Crippen LogP contribution < -0.4 is 4.74 Å². The number of carboxylic acid groups (broad SMARTS) is 1. The van der Waals surface area contributed by atoms with E-state index in [1.54, 1.807) is 12.1 Å². The van der Waals surface area contributed by atoms with Gasteiger partial charge in [-0.25, -0.2) is 4.79 Å². The Kier molecular flexibility index (Phi) is 8.86. The van der Waals surface area contributed by atoms with E-state index in [2.05, 4.69) is 0 Å². The molecule has 1 atom stereocenters. The van der Waals surface area contributed by atoms with Gasteiger partial charge in [0.25, 0.3) is 0 Å². The second kappa shape index (κ2) is 11.6. The van der Waals surface area contributed by atoms with Gasteiger partial charge in [0.2, 0.25) is 0 Å². The van der Waals surface area contributed by atoms with Crippen LogP contribution >= 0.6 is 0 Å². The van der Waals surface area contributed by atoms with Crippen LogP contribution in [0.3, 0.4) is 0 Å². The summed E-state index contributed by atoms with van der Waals surface area (Å²) in [6.45, 7) is 4.58. The number of carbonyl (C=O) groups excluding carboxylic acids is 1. The van der Waals surface area contributed by atoms with E-state index in [0.717, 1.165) is 28.7 Å². The summed E-state index contributed by atoms with van der Waals surface area (Å²) in [5.41, 5.74) is -1.13. The van der Waals surface area contributed by atoms with Crippen LogP contribution in [-0.2, 0) is 18.9 Å². The monoisotopic (exact) mass is 567 g/mol. The number of alkyl halides is 6. The van der Waals surface area contributed by atoms with Gasteiger partial charge in [-0.15, -0.1) is 0 Å². The van der Waals surface area contributed by atoms with Crippen molar-refractivity contribution in [2.24, 2.45) is 0 Å². The molecule has 3 rings (SSSR count). The zero-order chi connectivity index (χ0) is 30.0. The van der Waals surface area contributed by atoms with Crippen molar-refractivity contribution in [3.05, 3.63) is 88.0 Å². The Balaban J connectivity index is 2.21. The Hall–Kier alpha value is -4.02. The highest BCUT2D eigenvalue weighted by molar-refractivity contribution is 5.77. The summed E-state index contributed by atoms with van der Waals surface area (Å²) in [6.07, 6.45) is -10.9. The van der Waals surface area contributed by atoms with Crippen LogP contribution in [0.15, 0.2) is 54.6 Å². The lowest BCUT2D eigenvalue weighted by molar-refractivity contribution is -0.138. The number of nitrogens with zero attached hydrogens (tertiary/aromatic N) is 1. The number of halogens is 6. The molecule has 0 aromatic heterocycles. The second-order valence-corrected chi connectivity index (χ2v) is 9.58. The van der Waals surface area contributed by atoms with E-state index < -0.39 is 42.2 Å². The summed E-state index contributed by atoms with van der Waals surface area (Å²) in [7, 11) is 1.39. The van der Waals surface area contributed by atoms with Crippen molar-refractivity contribution in [3.63, 3.8) is 0 Å². The third kappa shape index (κ3) is 6.75. The molecule has 1 N–H and O–H groups in total. The first-order valence-electron chi connectivity index (χ1n) is 12.1. The lowest BCUT2D eigenvalue weighted by Gasteiger charge is -2.30. The van der Waals surface area contributed by atoms with Gasteiger partial charge in [0, 0.05) is 17.7 Å². The lowest BCUT2D eigenvalue weighted by atomic mass is 9.89. The van der Waals surface area contributed by atoms with E-state index in [1.165, 1.54) is 20.1 Å². The SMILES string of the molecule is COc1ccc(C(C)C)cc1-c1ccc(C(F)(F)F)cc1C(C)N(Cc1cc(C=O)cc(C(F)(F)F)c1)C(=O)O. The molecule has 5 nitrogen and oxygen atoms in total. The van der Waals surface area contributed by atoms with Gasteiger partial charge in [0.05, 0.1) is 24.3 Å². The smallest absolute Gasteiger partial charge is 0.416 e. The summed E-state index contributed by atoms with van der Waals surface area (Å²) in [6, 6.07) is 9.34. The molecule has 0 saturated heterocycles. The number of hydrogen-bond acceptors (Lipinski definition) is 3. The molecule has 1 amide bonds. The Morgan fingerprint density at radius 2 is 1.55 bits per heavy atom. The van der Waals surface area contributed by atoms with Crippen molar-refractivity contribution in [2.75, 3.05) is 7.11 Å². The standard InChI is InChI=1S/C29H27F6NO4/c1-16(2)20-5-8-26(40-4)25(12-20)23-7-6-21(28(30,31)32)13-24(23)17(3)36(27(38)39)14-18-9-19(15-37)11-22(10-18)29(33,34)35/h5-13,15-17H,14H2,1-4H3,(H,38,39). The van der Waals surface area contributed by atoms with Crippen molar-refractivity contribution in [1.82, 2.24) is 4.90 Å². The van der Waals surface area contributed by atoms with Gasteiger partial charge in [-0.3, -0.25) is 9.69 Å². The van der Waals surface area contributed by atoms with Gasteiger partial charge in [0.1, 0.15) is 12.0 Å². The molecule has 1 unspecified atom stereocenters. The maximum atomic E-state index is 13.7. The van der Waals surface area contributed by atoms with Gasteiger partial charge >= 0.3 is 18.4 Å². The minimum Gasteiger partial charge on any atom is -0.496 e. The predicted octanol–water partition coefficient (Wildman–Crippen LogP) is 8.58. The summed E-state index contributed by atoms with van der Waals surface area (Å²) in [5.74, 6) is 0.399. The average molecular weight is 568 g/mol. The fraction of sp³-hybridized carbons (Fsp3) is 0.310. The molecule has 3 aromatic carbocycles. The molecule has 0 heterocycles. The normalized spacial score (nSPS) is 12.8. The van der Waals surface area contributed by atoms with Crippen molar-refractivity contribution >= 4 is 12.4 Å². The zero-order valence-electron chi connectivity index (χ0n) is 22.0. The minimum atomic E-state index is -4.81. The Morgan fingerprint density at radius 1 is 0.900 bits per heavy atom. The number of benzene rings is 3. The Bertz CT molecular complexity index is 1400. The van der Waals surface area contributed by atoms with Crippen molar-refractivity contribution in [1.29, 1.82) is 0 Å². The number of hydrogen-bond donors (Lipinski definition) is 1. The molecule has 0 aliphatic carbocycles. The molecule has 40 heavy (non-hydrogen) atoms. The molecular weight excluding hydrogens is 540 g/mol. The van der Waals surface area contributed by atoms with Crippen LogP contribution in [0.4, 0.5) is 31.1 Å². The molecule has 0 radical (unpaired) electrons. The first-order valence-corrected chi connectivity index (χ1v) is 12.1. The number of ether oxygens (including phenoxy) is 1. The molecule has 0 saturated carbocycles. The molecule has 0 fully saturated rings. The molecule has 0 aliphatic rings. The predicted molar refractivity (Wildman–Crippen MR) is 136 cm³/mol. The number of rotatable bonds is 8. The van der Waals surface area contributed by atoms with E-state index in [1.807, 2.05) is 19.9 Å². The summed E-state index contributed by atoms with van der Waals surface area (Å²) < 4.78 is 86.8. The van der Waals surface area contributed by atoms with Gasteiger partial charge in [-0.2, -0.15) is 26.3 Å². The molecule has 214 valence electrons. The highest BCUT2D eigenvalue weighted by Gasteiger charge is 2.34. The van der Waals surface area contributed by atoms with Gasteiger partial charge in [-0.05, 0) is 77.6 Å². The summed E-state index contributed by atoms with van der Waals surface area (Å²) in [4.78, 5) is 24.3. The highest BCUT2D eigenvalue weighted by atomic mass is 19.4. The fourth-order valence-corrected chi connectivity index (χ4v) is 4.40. The average Bonchev–Trinajstić information content (AvgIpc) is 2.89. The van der Waals surface area contributed by atoms with Crippen LogP contribution in [0, 0.1) is 0 Å². The number of carbonyl (C=O) groups is 2. The van der Waals surface area contributed by atoms with Crippen molar-refractivity contribution in [3.8, 4) is 16.9 Å². The van der Waals surface area contributed by atoms with E-state index in [4.69, 9.17) is 4.74 Å². The topological polar surface area (TPSA) is 66.8 Å². The Morgan fingerprint density at radius 3 is 2.08 bits per heavy atom. The number of amides is 1. The maximum Gasteiger partial charge on any atom is 0.416 e. The molecule has 3 aromatic rings. The van der Waals surface area contributed by atoms with E-state index >= 15 is 0 Å². The van der Waals surface area contributed by atoms with Crippen LogP contribution in [0.25, 0.3) is 11.1 Å². The van der Waals surface area contributed by atoms with Crippen molar-refractivity contribution < 1.29 is 45.8 Å². The molecule has 0 bridgehead atoms. The summed E-state index contributed by atoms with van der Waals surface area (Å²) >= 11 is 0. The van der Waals surface area contributed by atoms with Crippen molar-refractivity contribution in [2.45, 2.75) is 51.6 Å². The van der Waals surface area contributed by atoms with E-state index in [0.29, 0.717) is 23.4 Å². The van der Waals surface area contributed by atoms with Gasteiger partial charge < -0.3 is 9.84 Å². The van der Waals surface area contributed by atoms with Crippen LogP contribution in [0.1, 0.15) is 70.9 Å². The maximum absolute atomic E-state index is 13.7. The third-order valence-corrected chi connectivity index (χ3v) is 6.55. The first kappa shape index (κ1) is 30.5. The first-order chi connectivity index (χ1) is 18.6. The number of aldehydes is 1. The second-order valence-electron chi connectivity index (χ2n) is 9.58. The van der Waals surface area contributed by atoms with Crippen LogP contribution in [-0.4, -0.2) is 29.5 Å². The largest absolute Gasteiger partial charge is 0.496 e. The Labute approximate surface area is 227 Å². The highest BCUT2D eigenvalue weighted by Crippen LogP contribution is 2.42. The molecule has 0 spiro atoms. The molecular formula is C29H27F6NO4. The van der Waals surface area contributed by atoms with Gasteiger partial charge in [0.15, 0.2) is 0 Å². The molecule has 11 heteroatoms. The minimum absolute atomic E-state index is 0.0287. The molecule has 0 aliphatic heterocycles. The number of methoxy groups -OCH3 is 1. The van der Waals surface area contributed by atoms with Gasteiger partial charge in [-0.1, -0.05) is 26.0 Å². The quantitative estimate of drug-likeness (QED) is 0.219. The lowest BCUT2D eigenvalue weighted by Crippen LogP contribution is -2.32. The van der Waals surface area contributed by atoms with Crippen LogP contribution in [0.5, 0.6) is 5.75 Å². The fourth-order valence-electron chi connectivity index (χ4n) is 4.40. The third-order valence-electron chi connectivity index (χ3n) is 6.55. The van der Waals surface area contributed by atoms with E-state index in [-0.39, 0.29) is 34.5 Å². The van der Waals surface area contributed by atoms with Crippen LogP contribution in [0.2, 0.25) is 0 Å². The zero-order valence-corrected chi connectivity index (χ0v) is 22.0. The van der Waals surface area contributed by atoms with E-state index in [9.17, 15) is 41.0 Å².